The first-order chi connectivity index (χ1) is 7.08. The smallest absolute Gasteiger partial charge is 0.189 e. The van der Waals surface area contributed by atoms with Crippen molar-refractivity contribution in [2.24, 2.45) is 10.7 Å². The molecule has 0 unspecified atom stereocenters. The highest BCUT2D eigenvalue weighted by atomic mass is 127. The molecule has 0 saturated carbocycles. The summed E-state index contributed by atoms with van der Waals surface area (Å²) in [7, 11) is 0. The normalized spacial score (nSPS) is 10.8. The van der Waals surface area contributed by atoms with Gasteiger partial charge in [0.25, 0.3) is 0 Å². The molecule has 1 heterocycles. The van der Waals surface area contributed by atoms with Gasteiger partial charge in [0.15, 0.2) is 5.96 Å². The molecule has 0 amide bonds. The lowest BCUT2D eigenvalue weighted by Crippen LogP contribution is -2.32. The van der Waals surface area contributed by atoms with Crippen molar-refractivity contribution in [3.63, 3.8) is 0 Å². The summed E-state index contributed by atoms with van der Waals surface area (Å²) < 4.78 is 1.11. The van der Waals surface area contributed by atoms with Gasteiger partial charge < -0.3 is 11.1 Å². The van der Waals surface area contributed by atoms with Crippen LogP contribution in [0.15, 0.2) is 33.1 Å². The molecular formula is C10H15BrIN3S. The van der Waals surface area contributed by atoms with Gasteiger partial charge in [-0.25, -0.2) is 4.99 Å². The molecule has 0 aromatic carbocycles. The van der Waals surface area contributed by atoms with Gasteiger partial charge in [-0.3, -0.25) is 0 Å². The number of hydrogen-bond donors (Lipinski definition) is 2. The Morgan fingerprint density at radius 2 is 2.31 bits per heavy atom. The van der Waals surface area contributed by atoms with E-state index in [1.54, 1.807) is 11.3 Å². The summed E-state index contributed by atoms with van der Waals surface area (Å²) in [5, 5.41) is 2.98. The zero-order chi connectivity index (χ0) is 11.3. The molecule has 3 nitrogen and oxygen atoms in total. The predicted molar refractivity (Wildman–Crippen MR) is 85.6 cm³/mol. The first-order valence-corrected chi connectivity index (χ1v) is 6.11. The summed E-state index contributed by atoms with van der Waals surface area (Å²) in [6.45, 7) is 7.00. The van der Waals surface area contributed by atoms with Crippen molar-refractivity contribution in [2.75, 3.05) is 6.54 Å². The Labute approximate surface area is 125 Å². The molecule has 6 heteroatoms. The molecule has 0 fully saturated rings. The topological polar surface area (TPSA) is 50.4 Å². The molecule has 0 saturated heterocycles. The fraction of sp³-hybridized carbons (Fsp3) is 0.300. The van der Waals surface area contributed by atoms with Gasteiger partial charge in [0.2, 0.25) is 0 Å². The average molecular weight is 416 g/mol. The second-order valence-electron chi connectivity index (χ2n) is 3.22. The Morgan fingerprint density at radius 1 is 1.62 bits per heavy atom. The van der Waals surface area contributed by atoms with Gasteiger partial charge in [0.1, 0.15) is 0 Å². The molecule has 1 aromatic rings. The van der Waals surface area contributed by atoms with Gasteiger partial charge in [-0.1, -0.05) is 12.2 Å². The Balaban J connectivity index is 0.00000225. The monoisotopic (exact) mass is 415 g/mol. The molecule has 1 rings (SSSR count). The van der Waals surface area contributed by atoms with Crippen molar-refractivity contribution < 1.29 is 0 Å². The Morgan fingerprint density at radius 3 is 2.81 bits per heavy atom. The van der Waals surface area contributed by atoms with Crippen LogP contribution in [0.3, 0.4) is 0 Å². The van der Waals surface area contributed by atoms with Crippen LogP contribution in [0.1, 0.15) is 11.8 Å². The number of nitrogens with zero attached hydrogens (tertiary/aromatic N) is 1. The first kappa shape index (κ1) is 15.9. The quantitative estimate of drug-likeness (QED) is 0.343. The minimum atomic E-state index is 0. The molecule has 90 valence electrons. The molecule has 0 aliphatic carbocycles. The van der Waals surface area contributed by atoms with Crippen molar-refractivity contribution >= 4 is 57.2 Å². The molecule has 16 heavy (non-hydrogen) atoms. The van der Waals surface area contributed by atoms with E-state index in [9.17, 15) is 0 Å². The van der Waals surface area contributed by atoms with Gasteiger partial charge in [-0.05, 0) is 35.0 Å². The highest BCUT2D eigenvalue weighted by Crippen LogP contribution is 2.22. The summed E-state index contributed by atoms with van der Waals surface area (Å²) in [5.74, 6) is 0.461. The van der Waals surface area contributed by atoms with E-state index >= 15 is 0 Å². The van der Waals surface area contributed by atoms with Gasteiger partial charge in [0, 0.05) is 11.4 Å². The molecule has 3 N–H and O–H groups in total. The maximum atomic E-state index is 5.67. The van der Waals surface area contributed by atoms with Crippen molar-refractivity contribution in [3.05, 3.63) is 32.9 Å². The molecule has 0 atom stereocenters. The number of nitrogens with one attached hydrogen (secondary N) is 1. The number of thiophene rings is 1. The zero-order valence-corrected chi connectivity index (χ0v) is 13.7. The lowest BCUT2D eigenvalue weighted by atomic mass is 10.3. The van der Waals surface area contributed by atoms with E-state index in [1.165, 1.54) is 4.88 Å². The molecule has 0 radical (unpaired) electrons. The van der Waals surface area contributed by atoms with E-state index in [4.69, 9.17) is 5.73 Å². The van der Waals surface area contributed by atoms with E-state index < -0.39 is 0 Å². The number of nitrogens with two attached hydrogens (primary N) is 1. The Kier molecular flexibility index (Phi) is 8.04. The van der Waals surface area contributed by atoms with E-state index in [-0.39, 0.29) is 24.0 Å². The van der Waals surface area contributed by atoms with Crippen LogP contribution in [-0.2, 0) is 6.54 Å². The summed E-state index contributed by atoms with van der Waals surface area (Å²) in [4.78, 5) is 5.39. The van der Waals surface area contributed by atoms with E-state index in [0.29, 0.717) is 19.0 Å². The number of rotatable bonds is 4. The predicted octanol–water partition coefficient (Wildman–Crippen LogP) is 3.11. The van der Waals surface area contributed by atoms with Crippen LogP contribution in [0.5, 0.6) is 0 Å². The van der Waals surface area contributed by atoms with Crippen molar-refractivity contribution in [3.8, 4) is 0 Å². The number of hydrogen-bond acceptors (Lipinski definition) is 2. The Hall–Kier alpha value is -0.0800. The second-order valence-corrected chi connectivity index (χ2v) is 5.77. The summed E-state index contributed by atoms with van der Waals surface area (Å²) in [5.41, 5.74) is 6.70. The Bertz CT molecular complexity index is 376. The molecule has 0 aliphatic heterocycles. The SMILES string of the molecule is C=C(C)CNC(N)=NCc1ccc(Br)s1.I. The largest absolute Gasteiger partial charge is 0.370 e. The highest BCUT2D eigenvalue weighted by Gasteiger charge is 1.96. The van der Waals surface area contributed by atoms with Gasteiger partial charge in [0.05, 0.1) is 10.3 Å². The van der Waals surface area contributed by atoms with E-state index in [2.05, 4.69) is 32.8 Å². The third kappa shape index (κ3) is 6.49. The lowest BCUT2D eigenvalue weighted by molar-refractivity contribution is 0.945. The number of halogens is 2. The molecule has 0 spiro atoms. The summed E-state index contributed by atoms with van der Waals surface area (Å²) >= 11 is 5.06. The van der Waals surface area contributed by atoms with Gasteiger partial charge in [-0.15, -0.1) is 35.3 Å². The molecule has 1 aromatic heterocycles. The van der Waals surface area contributed by atoms with Gasteiger partial charge in [-0.2, -0.15) is 0 Å². The number of aliphatic imine (C=N–C) groups is 1. The number of guanidine groups is 1. The van der Waals surface area contributed by atoms with Crippen LogP contribution in [0, 0.1) is 0 Å². The van der Waals surface area contributed by atoms with Crippen LogP contribution >= 0.6 is 51.2 Å². The fourth-order valence-electron chi connectivity index (χ4n) is 0.897. The fourth-order valence-corrected chi connectivity index (χ4v) is 2.30. The van der Waals surface area contributed by atoms with E-state index in [0.717, 1.165) is 9.36 Å². The second kappa shape index (κ2) is 8.08. The van der Waals surface area contributed by atoms with Crippen molar-refractivity contribution in [1.82, 2.24) is 5.32 Å². The average Bonchev–Trinajstić information content (AvgIpc) is 2.58. The van der Waals surface area contributed by atoms with Crippen LogP contribution in [-0.4, -0.2) is 12.5 Å². The first-order valence-electron chi connectivity index (χ1n) is 4.50. The lowest BCUT2D eigenvalue weighted by Gasteiger charge is -2.03. The minimum absolute atomic E-state index is 0. The molecular weight excluding hydrogens is 401 g/mol. The summed E-state index contributed by atoms with van der Waals surface area (Å²) in [6.07, 6.45) is 0. The van der Waals surface area contributed by atoms with Crippen molar-refractivity contribution in [1.29, 1.82) is 0 Å². The van der Waals surface area contributed by atoms with Crippen LogP contribution in [0.2, 0.25) is 0 Å². The van der Waals surface area contributed by atoms with Crippen molar-refractivity contribution in [2.45, 2.75) is 13.5 Å². The standard InChI is InChI=1S/C10H14BrN3S.HI/c1-7(2)5-13-10(12)14-6-8-3-4-9(11)15-8;/h3-4H,1,5-6H2,2H3,(H3,12,13,14);1H. The van der Waals surface area contributed by atoms with Crippen LogP contribution in [0.4, 0.5) is 0 Å². The summed E-state index contributed by atoms with van der Waals surface area (Å²) in [6, 6.07) is 4.04. The maximum Gasteiger partial charge on any atom is 0.189 e. The third-order valence-corrected chi connectivity index (χ3v) is 3.21. The van der Waals surface area contributed by atoms with Crippen LogP contribution < -0.4 is 11.1 Å². The molecule has 0 aliphatic rings. The van der Waals surface area contributed by atoms with E-state index in [1.807, 2.05) is 19.1 Å². The van der Waals surface area contributed by atoms with Gasteiger partial charge >= 0.3 is 0 Å². The molecule has 0 bridgehead atoms. The maximum absolute atomic E-state index is 5.67. The zero-order valence-electron chi connectivity index (χ0n) is 9.00. The third-order valence-electron chi connectivity index (χ3n) is 1.61. The minimum Gasteiger partial charge on any atom is -0.370 e. The van der Waals surface area contributed by atoms with Crippen LogP contribution in [0.25, 0.3) is 0 Å². The highest BCUT2D eigenvalue weighted by molar-refractivity contribution is 14.0.